The third kappa shape index (κ3) is 3.09. The van der Waals surface area contributed by atoms with Crippen LogP contribution in [0.2, 0.25) is 0 Å². The van der Waals surface area contributed by atoms with E-state index in [1.807, 2.05) is 37.6 Å². The number of rotatable bonds is 4. The zero-order valence-electron chi connectivity index (χ0n) is 8.86. The molecule has 0 aromatic carbocycles. The van der Waals surface area contributed by atoms with Crippen LogP contribution in [0.1, 0.15) is 6.42 Å². The summed E-state index contributed by atoms with van der Waals surface area (Å²) in [4.78, 5) is 11.4. The Kier molecular flexibility index (Phi) is 4.35. The normalized spacial score (nSPS) is 21.5. The molecular weight excluding hydrogens is 186 g/mol. The molecule has 0 aromatic rings. The van der Waals surface area contributed by atoms with Gasteiger partial charge in [-0.3, -0.25) is 4.79 Å². The van der Waals surface area contributed by atoms with Crippen LogP contribution in [0.25, 0.3) is 0 Å². The molecule has 0 saturated heterocycles. The first kappa shape index (κ1) is 11.2. The summed E-state index contributed by atoms with van der Waals surface area (Å²) >= 11 is 0. The maximum Gasteiger partial charge on any atom is 0.185 e. The highest BCUT2D eigenvalue weighted by Crippen LogP contribution is 2.27. The molecular formula is C13H15NO. The lowest BCUT2D eigenvalue weighted by Gasteiger charge is -2.18. The highest BCUT2D eigenvalue weighted by molar-refractivity contribution is 6.16. The smallest absolute Gasteiger partial charge is 0.185 e. The lowest BCUT2D eigenvalue weighted by Crippen LogP contribution is -2.18. The largest absolute Gasteiger partial charge is 0.394 e. The van der Waals surface area contributed by atoms with Crippen LogP contribution in [0.15, 0.2) is 60.4 Å². The molecule has 0 aliphatic heterocycles. The molecule has 0 heterocycles. The van der Waals surface area contributed by atoms with Crippen molar-refractivity contribution in [3.05, 3.63) is 60.4 Å². The zero-order valence-corrected chi connectivity index (χ0v) is 8.86. The maximum absolute atomic E-state index is 11.4. The first-order valence-corrected chi connectivity index (χ1v) is 4.85. The second kappa shape index (κ2) is 5.81. The lowest BCUT2D eigenvalue weighted by atomic mass is 9.84. The topological polar surface area (TPSA) is 29.1 Å². The minimum Gasteiger partial charge on any atom is -0.394 e. The highest BCUT2D eigenvalue weighted by Gasteiger charge is 2.25. The van der Waals surface area contributed by atoms with E-state index in [1.54, 1.807) is 12.2 Å². The second-order valence-electron chi connectivity index (χ2n) is 3.16. The summed E-state index contributed by atoms with van der Waals surface area (Å²) in [5, 5.41) is 2.88. The molecule has 0 bridgehead atoms. The molecule has 1 saturated carbocycles. The summed E-state index contributed by atoms with van der Waals surface area (Å²) in [6.07, 6.45) is 13.5. The van der Waals surface area contributed by atoms with Crippen molar-refractivity contribution in [2.45, 2.75) is 6.42 Å². The summed E-state index contributed by atoms with van der Waals surface area (Å²) in [5.41, 5.74) is 1.70. The molecule has 2 heteroatoms. The Morgan fingerprint density at radius 3 is 2.53 bits per heavy atom. The summed E-state index contributed by atoms with van der Waals surface area (Å²) in [7, 11) is 1.84. The van der Waals surface area contributed by atoms with E-state index >= 15 is 0 Å². The van der Waals surface area contributed by atoms with Crippen LogP contribution in [0.5, 0.6) is 0 Å². The Hall–Kier alpha value is -1.83. The first-order chi connectivity index (χ1) is 7.29. The van der Waals surface area contributed by atoms with Gasteiger partial charge in [0.25, 0.3) is 0 Å². The van der Waals surface area contributed by atoms with Crippen LogP contribution in [-0.4, -0.2) is 12.8 Å². The van der Waals surface area contributed by atoms with Crippen molar-refractivity contribution in [2.24, 2.45) is 0 Å². The third-order valence-electron chi connectivity index (χ3n) is 2.07. The fourth-order valence-corrected chi connectivity index (χ4v) is 1.26. The van der Waals surface area contributed by atoms with Crippen LogP contribution in [0, 0.1) is 0 Å². The fraction of sp³-hybridized carbons (Fsp3) is 0.154. The molecule has 1 rings (SSSR count). The van der Waals surface area contributed by atoms with E-state index < -0.39 is 0 Å². The van der Waals surface area contributed by atoms with E-state index in [0.29, 0.717) is 0 Å². The molecule has 0 unspecified atom stereocenters. The average Bonchev–Trinajstić information content (AvgIpc) is 2.25. The van der Waals surface area contributed by atoms with Gasteiger partial charge in [0.1, 0.15) is 0 Å². The zero-order chi connectivity index (χ0) is 11.1. The third-order valence-corrected chi connectivity index (χ3v) is 2.07. The number of nitrogens with one attached hydrogen (secondary N) is 1. The van der Waals surface area contributed by atoms with Gasteiger partial charge in [-0.1, -0.05) is 37.0 Å². The number of hydrogen-bond acceptors (Lipinski definition) is 2. The van der Waals surface area contributed by atoms with Gasteiger partial charge in [-0.25, -0.2) is 0 Å². The van der Waals surface area contributed by atoms with Gasteiger partial charge in [-0.2, -0.15) is 0 Å². The lowest BCUT2D eigenvalue weighted by molar-refractivity contribution is -0.114. The average molecular weight is 201 g/mol. The van der Waals surface area contributed by atoms with E-state index in [1.165, 1.54) is 0 Å². The fourth-order valence-electron chi connectivity index (χ4n) is 1.26. The van der Waals surface area contributed by atoms with E-state index in [-0.39, 0.29) is 5.78 Å². The summed E-state index contributed by atoms with van der Waals surface area (Å²) in [5.74, 6) is 0.136. The summed E-state index contributed by atoms with van der Waals surface area (Å²) < 4.78 is 0. The molecule has 1 fully saturated rings. The minimum absolute atomic E-state index is 0.136. The van der Waals surface area contributed by atoms with Gasteiger partial charge in [0.2, 0.25) is 0 Å². The van der Waals surface area contributed by atoms with Crippen molar-refractivity contribution in [3.63, 3.8) is 0 Å². The van der Waals surface area contributed by atoms with Crippen LogP contribution < -0.4 is 5.32 Å². The van der Waals surface area contributed by atoms with Crippen molar-refractivity contribution in [1.82, 2.24) is 5.32 Å². The monoisotopic (exact) mass is 201 g/mol. The van der Waals surface area contributed by atoms with E-state index in [4.69, 9.17) is 0 Å². The highest BCUT2D eigenvalue weighted by atomic mass is 16.1. The number of carbonyl (C=O) groups excluding carboxylic acids is 1. The molecule has 15 heavy (non-hydrogen) atoms. The molecule has 0 spiro atoms. The van der Waals surface area contributed by atoms with Crippen molar-refractivity contribution >= 4 is 5.78 Å². The van der Waals surface area contributed by atoms with Crippen molar-refractivity contribution < 1.29 is 4.79 Å². The van der Waals surface area contributed by atoms with Crippen molar-refractivity contribution in [2.75, 3.05) is 7.05 Å². The SMILES string of the molecule is C=CC=C1CC(=CC=CC=CNC)C1=O. The second-order valence-corrected chi connectivity index (χ2v) is 3.16. The first-order valence-electron chi connectivity index (χ1n) is 4.85. The van der Waals surface area contributed by atoms with Crippen LogP contribution in [0.3, 0.4) is 0 Å². The van der Waals surface area contributed by atoms with Crippen molar-refractivity contribution in [3.8, 4) is 0 Å². The molecule has 2 nitrogen and oxygen atoms in total. The Morgan fingerprint density at radius 2 is 1.93 bits per heavy atom. The number of hydrogen-bond donors (Lipinski definition) is 1. The summed E-state index contributed by atoms with van der Waals surface area (Å²) in [6.45, 7) is 3.56. The van der Waals surface area contributed by atoms with Gasteiger partial charge in [-0.05, 0) is 12.3 Å². The Balaban J connectivity index is 2.49. The molecule has 0 amide bonds. The maximum atomic E-state index is 11.4. The van der Waals surface area contributed by atoms with Gasteiger partial charge in [-0.15, -0.1) is 0 Å². The predicted molar refractivity (Wildman–Crippen MR) is 63.3 cm³/mol. The van der Waals surface area contributed by atoms with E-state index in [0.717, 1.165) is 17.6 Å². The Bertz CT molecular complexity index is 370. The van der Waals surface area contributed by atoms with E-state index in [9.17, 15) is 4.79 Å². The number of carbonyl (C=O) groups is 1. The Labute approximate surface area is 90.4 Å². The van der Waals surface area contributed by atoms with Gasteiger partial charge < -0.3 is 5.32 Å². The molecule has 1 N–H and O–H groups in total. The standard InChI is InChI=1S/C13H15NO/c1-3-7-11-10-12(13(11)15)8-5-4-6-9-14-2/h3-9,14H,1,10H2,2H3. The van der Waals surface area contributed by atoms with Crippen LogP contribution in [-0.2, 0) is 4.79 Å². The van der Waals surface area contributed by atoms with Gasteiger partial charge in [0.15, 0.2) is 5.78 Å². The quantitative estimate of drug-likeness (QED) is 0.558. The minimum atomic E-state index is 0.136. The molecule has 0 radical (unpaired) electrons. The number of allylic oxidation sites excluding steroid dienone is 8. The molecule has 0 atom stereocenters. The molecule has 78 valence electrons. The Morgan fingerprint density at radius 1 is 1.20 bits per heavy atom. The number of ketones is 1. The number of Topliss-reactive ketones (excluding diaryl/α,β-unsaturated/α-hetero) is 1. The molecule has 0 aromatic heterocycles. The summed E-state index contributed by atoms with van der Waals surface area (Å²) in [6, 6.07) is 0. The van der Waals surface area contributed by atoms with Gasteiger partial charge >= 0.3 is 0 Å². The predicted octanol–water partition coefficient (Wildman–Crippen LogP) is 2.29. The van der Waals surface area contributed by atoms with Gasteiger partial charge in [0, 0.05) is 24.6 Å². The molecule has 1 aliphatic rings. The van der Waals surface area contributed by atoms with E-state index in [2.05, 4.69) is 11.9 Å². The van der Waals surface area contributed by atoms with Crippen LogP contribution in [0.4, 0.5) is 0 Å². The molecule has 1 aliphatic carbocycles. The van der Waals surface area contributed by atoms with Crippen molar-refractivity contribution in [1.29, 1.82) is 0 Å². The van der Waals surface area contributed by atoms with Gasteiger partial charge in [0.05, 0.1) is 0 Å². The van der Waals surface area contributed by atoms with Crippen LogP contribution >= 0.6 is 0 Å².